The Balaban J connectivity index is 2.76. The summed E-state index contributed by atoms with van der Waals surface area (Å²) < 4.78 is 4.96. The second-order valence-electron chi connectivity index (χ2n) is 3.53. The summed E-state index contributed by atoms with van der Waals surface area (Å²) in [6.07, 6.45) is 0. The number of amides is 1. The monoisotopic (exact) mass is 211 g/mol. The summed E-state index contributed by atoms with van der Waals surface area (Å²) in [4.78, 5) is 13.6. The topological polar surface area (TPSA) is 58.4 Å². The molecule has 1 aromatic rings. The highest BCUT2D eigenvalue weighted by Gasteiger charge is 2.20. The van der Waals surface area contributed by atoms with Gasteiger partial charge >= 0.3 is 0 Å². The minimum absolute atomic E-state index is 0.0403. The van der Waals surface area contributed by atoms with Crippen molar-refractivity contribution in [2.75, 3.05) is 27.2 Å². The summed E-state index contributed by atoms with van der Waals surface area (Å²) in [5, 5.41) is 6.76. The molecular formula is C10H17N3O2. The smallest absolute Gasteiger partial charge is 0.259 e. The molecule has 0 fully saturated rings. The quantitative estimate of drug-likeness (QED) is 0.791. The van der Waals surface area contributed by atoms with E-state index in [4.69, 9.17) is 4.52 Å². The Morgan fingerprint density at radius 3 is 2.67 bits per heavy atom. The molecule has 1 aromatic heterocycles. The van der Waals surface area contributed by atoms with E-state index in [1.807, 2.05) is 7.05 Å². The number of hydrogen-bond acceptors (Lipinski definition) is 4. The predicted octanol–water partition coefficient (Wildman–Crippen LogP) is 0.583. The molecule has 0 radical (unpaired) electrons. The van der Waals surface area contributed by atoms with E-state index in [1.165, 1.54) is 0 Å². The average molecular weight is 211 g/mol. The maximum Gasteiger partial charge on any atom is 0.259 e. The molecule has 0 unspecified atom stereocenters. The largest absolute Gasteiger partial charge is 0.361 e. The van der Waals surface area contributed by atoms with Crippen molar-refractivity contribution >= 4 is 5.91 Å². The Labute approximate surface area is 89.4 Å². The van der Waals surface area contributed by atoms with Crippen LogP contribution in [0.5, 0.6) is 0 Å². The van der Waals surface area contributed by atoms with E-state index in [-0.39, 0.29) is 5.91 Å². The van der Waals surface area contributed by atoms with Crippen LogP contribution in [0.4, 0.5) is 0 Å². The zero-order chi connectivity index (χ0) is 11.4. The normalized spacial score (nSPS) is 10.4. The Bertz CT molecular complexity index is 327. The first kappa shape index (κ1) is 11.7. The molecule has 1 N–H and O–H groups in total. The second-order valence-corrected chi connectivity index (χ2v) is 3.53. The van der Waals surface area contributed by atoms with E-state index in [0.717, 1.165) is 6.54 Å². The van der Waals surface area contributed by atoms with Gasteiger partial charge in [0, 0.05) is 20.1 Å². The summed E-state index contributed by atoms with van der Waals surface area (Å²) in [6, 6.07) is 0. The van der Waals surface area contributed by atoms with Crippen LogP contribution in [0.1, 0.15) is 21.8 Å². The number of likely N-dealkylation sites (N-methyl/N-ethyl adjacent to an activating group) is 2. The van der Waals surface area contributed by atoms with E-state index in [1.54, 1.807) is 25.8 Å². The van der Waals surface area contributed by atoms with Gasteiger partial charge in [-0.25, -0.2) is 0 Å². The molecular weight excluding hydrogens is 194 g/mol. The number of aryl methyl sites for hydroxylation is 2. The van der Waals surface area contributed by atoms with Gasteiger partial charge in [0.05, 0.1) is 5.69 Å². The number of rotatable bonds is 4. The van der Waals surface area contributed by atoms with Crippen molar-refractivity contribution in [2.45, 2.75) is 13.8 Å². The van der Waals surface area contributed by atoms with Crippen LogP contribution in [0.25, 0.3) is 0 Å². The Morgan fingerprint density at radius 1 is 1.53 bits per heavy atom. The van der Waals surface area contributed by atoms with Crippen LogP contribution < -0.4 is 5.32 Å². The molecule has 0 aliphatic rings. The van der Waals surface area contributed by atoms with Crippen LogP contribution in [0.3, 0.4) is 0 Å². The lowest BCUT2D eigenvalue weighted by molar-refractivity contribution is 0.0794. The van der Waals surface area contributed by atoms with Crippen LogP contribution in [-0.4, -0.2) is 43.1 Å². The fourth-order valence-corrected chi connectivity index (χ4v) is 1.36. The lowest BCUT2D eigenvalue weighted by Gasteiger charge is -2.16. The summed E-state index contributed by atoms with van der Waals surface area (Å²) in [5.41, 5.74) is 1.22. The molecule has 0 saturated carbocycles. The number of hydrogen-bond donors (Lipinski definition) is 1. The van der Waals surface area contributed by atoms with E-state index < -0.39 is 0 Å². The van der Waals surface area contributed by atoms with Crippen molar-refractivity contribution in [1.29, 1.82) is 0 Å². The van der Waals surface area contributed by atoms with Crippen molar-refractivity contribution in [2.24, 2.45) is 0 Å². The van der Waals surface area contributed by atoms with Gasteiger partial charge in [0.1, 0.15) is 11.3 Å². The third-order valence-corrected chi connectivity index (χ3v) is 2.29. The highest BCUT2D eigenvalue weighted by atomic mass is 16.5. The molecule has 0 aliphatic heterocycles. The van der Waals surface area contributed by atoms with Crippen molar-refractivity contribution in [3.8, 4) is 0 Å². The number of carbonyl (C=O) groups is 1. The van der Waals surface area contributed by atoms with Gasteiger partial charge in [0.25, 0.3) is 5.91 Å². The third kappa shape index (κ3) is 2.56. The first-order valence-electron chi connectivity index (χ1n) is 4.91. The van der Waals surface area contributed by atoms with Crippen molar-refractivity contribution in [1.82, 2.24) is 15.4 Å². The number of aromatic nitrogens is 1. The van der Waals surface area contributed by atoms with Gasteiger partial charge in [-0.3, -0.25) is 4.79 Å². The van der Waals surface area contributed by atoms with Crippen molar-refractivity contribution in [3.63, 3.8) is 0 Å². The Kier molecular flexibility index (Phi) is 3.85. The fourth-order valence-electron chi connectivity index (χ4n) is 1.36. The first-order valence-corrected chi connectivity index (χ1v) is 4.91. The van der Waals surface area contributed by atoms with Crippen molar-refractivity contribution in [3.05, 3.63) is 17.0 Å². The van der Waals surface area contributed by atoms with E-state index >= 15 is 0 Å². The molecule has 0 saturated heterocycles. The molecule has 5 nitrogen and oxygen atoms in total. The molecule has 84 valence electrons. The van der Waals surface area contributed by atoms with Gasteiger partial charge in [0.15, 0.2) is 0 Å². The molecule has 0 spiro atoms. The molecule has 15 heavy (non-hydrogen) atoms. The molecule has 0 aliphatic carbocycles. The van der Waals surface area contributed by atoms with Crippen LogP contribution in [0, 0.1) is 13.8 Å². The van der Waals surface area contributed by atoms with Crippen LogP contribution in [-0.2, 0) is 0 Å². The van der Waals surface area contributed by atoms with Gasteiger partial charge in [-0.2, -0.15) is 0 Å². The average Bonchev–Trinajstić information content (AvgIpc) is 2.54. The van der Waals surface area contributed by atoms with Gasteiger partial charge in [-0.15, -0.1) is 0 Å². The Morgan fingerprint density at radius 2 is 2.20 bits per heavy atom. The lowest BCUT2D eigenvalue weighted by atomic mass is 10.2. The minimum Gasteiger partial charge on any atom is -0.361 e. The molecule has 1 rings (SSSR count). The number of nitrogens with one attached hydrogen (secondary N) is 1. The van der Waals surface area contributed by atoms with Crippen LogP contribution >= 0.6 is 0 Å². The molecule has 0 bridgehead atoms. The van der Waals surface area contributed by atoms with Gasteiger partial charge < -0.3 is 14.7 Å². The summed E-state index contributed by atoms with van der Waals surface area (Å²) in [7, 11) is 3.62. The molecule has 0 atom stereocenters. The summed E-state index contributed by atoms with van der Waals surface area (Å²) >= 11 is 0. The summed E-state index contributed by atoms with van der Waals surface area (Å²) in [6.45, 7) is 4.96. The zero-order valence-corrected chi connectivity index (χ0v) is 9.63. The predicted molar refractivity (Wildman–Crippen MR) is 56.9 cm³/mol. The van der Waals surface area contributed by atoms with Gasteiger partial charge in [-0.1, -0.05) is 5.16 Å². The maximum atomic E-state index is 12.0. The zero-order valence-electron chi connectivity index (χ0n) is 9.63. The Hall–Kier alpha value is -1.36. The van der Waals surface area contributed by atoms with Crippen LogP contribution in [0.15, 0.2) is 4.52 Å². The van der Waals surface area contributed by atoms with Gasteiger partial charge in [-0.05, 0) is 20.9 Å². The van der Waals surface area contributed by atoms with Gasteiger partial charge in [0.2, 0.25) is 0 Å². The highest BCUT2D eigenvalue weighted by Crippen LogP contribution is 2.13. The third-order valence-electron chi connectivity index (χ3n) is 2.29. The minimum atomic E-state index is -0.0403. The summed E-state index contributed by atoms with van der Waals surface area (Å²) in [5.74, 6) is 0.537. The highest BCUT2D eigenvalue weighted by molar-refractivity contribution is 5.95. The van der Waals surface area contributed by atoms with E-state index in [2.05, 4.69) is 10.5 Å². The number of carbonyl (C=O) groups excluding carboxylic acids is 1. The van der Waals surface area contributed by atoms with E-state index in [9.17, 15) is 4.79 Å². The molecule has 5 heteroatoms. The SMILES string of the molecule is CNCCN(C)C(=O)c1c(C)noc1C. The standard InChI is InChI=1S/C10H17N3O2/c1-7-9(8(2)15-12-7)10(14)13(4)6-5-11-3/h11H,5-6H2,1-4H3. The second kappa shape index (κ2) is 4.93. The molecule has 0 aromatic carbocycles. The van der Waals surface area contributed by atoms with Crippen LogP contribution in [0.2, 0.25) is 0 Å². The maximum absolute atomic E-state index is 12.0. The fraction of sp³-hybridized carbons (Fsp3) is 0.600. The van der Waals surface area contributed by atoms with E-state index in [0.29, 0.717) is 23.6 Å². The number of nitrogens with zero attached hydrogens (tertiary/aromatic N) is 2. The molecule has 1 heterocycles. The molecule has 1 amide bonds. The lowest BCUT2D eigenvalue weighted by Crippen LogP contribution is -2.33. The first-order chi connectivity index (χ1) is 7.07. The van der Waals surface area contributed by atoms with Crippen molar-refractivity contribution < 1.29 is 9.32 Å².